The Hall–Kier alpha value is -2.70. The quantitative estimate of drug-likeness (QED) is 0.581. The van der Waals surface area contributed by atoms with Crippen LogP contribution >= 0.6 is 11.6 Å². The largest absolute Gasteiger partial charge is 0.383 e. The van der Waals surface area contributed by atoms with Gasteiger partial charge in [-0.2, -0.15) is 0 Å². The lowest BCUT2D eigenvalue weighted by Gasteiger charge is -2.12. The van der Waals surface area contributed by atoms with Crippen LogP contribution < -0.4 is 10.6 Å². The number of fused-ring (bicyclic) bond motifs is 1. The second-order valence-corrected chi connectivity index (χ2v) is 6.32. The number of aromatic nitrogens is 2. The van der Waals surface area contributed by atoms with E-state index in [1.807, 2.05) is 48.5 Å². The molecular weight excluding hydrogens is 364 g/mol. The number of hydrogen-bond acceptors (Lipinski definition) is 5. The highest BCUT2D eigenvalue weighted by atomic mass is 35.5. The highest BCUT2D eigenvalue weighted by Gasteiger charge is 2.11. The fourth-order valence-electron chi connectivity index (χ4n) is 2.65. The van der Waals surface area contributed by atoms with Gasteiger partial charge in [0.05, 0.1) is 17.1 Å². The first-order valence-electron chi connectivity index (χ1n) is 8.70. The van der Waals surface area contributed by atoms with Crippen LogP contribution in [0.15, 0.2) is 48.5 Å². The molecule has 140 valence electrons. The number of nitrogens with zero attached hydrogens (tertiary/aromatic N) is 2. The van der Waals surface area contributed by atoms with E-state index in [1.54, 1.807) is 7.11 Å². The lowest BCUT2D eigenvalue weighted by atomic mass is 10.2. The Bertz CT molecular complexity index is 933. The molecule has 1 aromatic heterocycles. The molecule has 1 amide bonds. The van der Waals surface area contributed by atoms with Crippen molar-refractivity contribution in [3.63, 3.8) is 0 Å². The fourth-order valence-corrected chi connectivity index (χ4v) is 2.87. The van der Waals surface area contributed by atoms with Crippen LogP contribution in [0.2, 0.25) is 5.02 Å². The predicted molar refractivity (Wildman–Crippen MR) is 108 cm³/mol. The summed E-state index contributed by atoms with van der Waals surface area (Å²) in [6.07, 6.45) is 0.337. The lowest BCUT2D eigenvalue weighted by Crippen LogP contribution is -2.28. The fraction of sp³-hybridized carbons (Fsp3) is 0.250. The van der Waals surface area contributed by atoms with Crippen molar-refractivity contribution in [3.05, 3.63) is 53.6 Å². The Labute approximate surface area is 162 Å². The summed E-state index contributed by atoms with van der Waals surface area (Å²) in [5, 5.41) is 7.54. The Morgan fingerprint density at radius 2 is 1.85 bits per heavy atom. The molecule has 0 saturated carbocycles. The molecule has 0 aliphatic carbocycles. The van der Waals surface area contributed by atoms with Crippen molar-refractivity contribution in [1.82, 2.24) is 15.3 Å². The van der Waals surface area contributed by atoms with E-state index in [-0.39, 0.29) is 5.91 Å². The van der Waals surface area contributed by atoms with E-state index in [1.165, 1.54) is 0 Å². The van der Waals surface area contributed by atoms with Gasteiger partial charge in [0, 0.05) is 37.6 Å². The van der Waals surface area contributed by atoms with Gasteiger partial charge in [0.15, 0.2) is 5.82 Å². The van der Waals surface area contributed by atoms with Crippen LogP contribution in [-0.4, -0.2) is 42.7 Å². The number of ether oxygens (including phenoxy) is 1. The Morgan fingerprint density at radius 1 is 1.07 bits per heavy atom. The second-order valence-electron chi connectivity index (χ2n) is 5.91. The van der Waals surface area contributed by atoms with Crippen LogP contribution in [0.5, 0.6) is 0 Å². The topological polar surface area (TPSA) is 76.1 Å². The van der Waals surface area contributed by atoms with Crippen molar-refractivity contribution >= 4 is 34.2 Å². The molecule has 0 fully saturated rings. The number of carbonyl (C=O) groups is 1. The monoisotopic (exact) mass is 384 g/mol. The molecule has 3 rings (SSSR count). The van der Waals surface area contributed by atoms with Crippen LogP contribution in [0.25, 0.3) is 22.3 Å². The second kappa shape index (κ2) is 9.30. The Balaban J connectivity index is 1.80. The number of methoxy groups -OCH3 is 1. The zero-order chi connectivity index (χ0) is 19.1. The highest BCUT2D eigenvalue weighted by molar-refractivity contribution is 6.33. The number of carbonyl (C=O) groups excluding carboxylic acids is 1. The zero-order valence-electron chi connectivity index (χ0n) is 15.0. The SMILES string of the molecule is COCCNC(=O)CCNc1nc(-c2ccccc2Cl)nc2ccccc12. The van der Waals surface area contributed by atoms with E-state index < -0.39 is 0 Å². The third kappa shape index (κ3) is 4.93. The normalized spacial score (nSPS) is 10.7. The van der Waals surface area contributed by atoms with E-state index in [2.05, 4.69) is 20.6 Å². The van der Waals surface area contributed by atoms with Gasteiger partial charge < -0.3 is 15.4 Å². The molecule has 0 bridgehead atoms. The molecule has 27 heavy (non-hydrogen) atoms. The van der Waals surface area contributed by atoms with Gasteiger partial charge >= 0.3 is 0 Å². The van der Waals surface area contributed by atoms with Crippen LogP contribution in [-0.2, 0) is 9.53 Å². The molecule has 0 unspecified atom stereocenters. The number of anilines is 1. The minimum absolute atomic E-state index is 0.0377. The Kier molecular flexibility index (Phi) is 6.57. The number of para-hydroxylation sites is 1. The number of amides is 1. The van der Waals surface area contributed by atoms with Crippen molar-refractivity contribution in [1.29, 1.82) is 0 Å². The molecule has 0 saturated heterocycles. The van der Waals surface area contributed by atoms with Crippen LogP contribution in [0, 0.1) is 0 Å². The average molecular weight is 385 g/mol. The summed E-state index contributed by atoms with van der Waals surface area (Å²) in [5.41, 5.74) is 1.58. The predicted octanol–water partition coefficient (Wildman–Crippen LogP) is 3.51. The number of nitrogens with one attached hydrogen (secondary N) is 2. The molecule has 2 aromatic carbocycles. The standard InChI is InChI=1S/C20H21ClN4O2/c1-27-13-12-22-18(26)10-11-23-19-15-7-3-5-9-17(15)24-20(25-19)14-6-2-4-8-16(14)21/h2-9H,10-13H2,1H3,(H,22,26)(H,23,24,25). The van der Waals surface area contributed by atoms with E-state index in [4.69, 9.17) is 16.3 Å². The molecule has 0 radical (unpaired) electrons. The maximum Gasteiger partial charge on any atom is 0.221 e. The first-order chi connectivity index (χ1) is 13.2. The first kappa shape index (κ1) is 19.1. The van der Waals surface area contributed by atoms with E-state index in [0.29, 0.717) is 42.8 Å². The highest BCUT2D eigenvalue weighted by Crippen LogP contribution is 2.29. The smallest absolute Gasteiger partial charge is 0.221 e. The van der Waals surface area contributed by atoms with E-state index >= 15 is 0 Å². The summed E-state index contributed by atoms with van der Waals surface area (Å²) in [6, 6.07) is 15.2. The molecule has 3 aromatic rings. The number of halogens is 1. The molecule has 1 heterocycles. The average Bonchev–Trinajstić information content (AvgIpc) is 2.68. The first-order valence-corrected chi connectivity index (χ1v) is 9.08. The minimum Gasteiger partial charge on any atom is -0.383 e. The van der Waals surface area contributed by atoms with Gasteiger partial charge in [0.2, 0.25) is 5.91 Å². The van der Waals surface area contributed by atoms with E-state index in [0.717, 1.165) is 16.5 Å². The molecule has 0 spiro atoms. The van der Waals surface area contributed by atoms with Crippen molar-refractivity contribution in [3.8, 4) is 11.4 Å². The van der Waals surface area contributed by atoms with E-state index in [9.17, 15) is 4.79 Å². The summed E-state index contributed by atoms with van der Waals surface area (Å²) in [5.74, 6) is 1.19. The summed E-state index contributed by atoms with van der Waals surface area (Å²) in [4.78, 5) is 21.1. The van der Waals surface area contributed by atoms with Crippen molar-refractivity contribution in [2.75, 3.05) is 32.1 Å². The molecule has 6 nitrogen and oxygen atoms in total. The lowest BCUT2D eigenvalue weighted by molar-refractivity contribution is -0.121. The molecule has 0 aliphatic heterocycles. The summed E-state index contributed by atoms with van der Waals surface area (Å²) in [7, 11) is 1.60. The summed E-state index contributed by atoms with van der Waals surface area (Å²) < 4.78 is 4.92. The van der Waals surface area contributed by atoms with Crippen LogP contribution in [0.1, 0.15) is 6.42 Å². The molecule has 7 heteroatoms. The van der Waals surface area contributed by atoms with Gasteiger partial charge in [-0.05, 0) is 24.3 Å². The number of rotatable bonds is 8. The van der Waals surface area contributed by atoms with Gasteiger partial charge in [-0.1, -0.05) is 35.9 Å². The molecule has 0 atom stereocenters. The van der Waals surface area contributed by atoms with Crippen molar-refractivity contribution in [2.24, 2.45) is 0 Å². The molecule has 0 aliphatic rings. The van der Waals surface area contributed by atoms with Gasteiger partial charge in [-0.25, -0.2) is 9.97 Å². The van der Waals surface area contributed by atoms with Crippen molar-refractivity contribution in [2.45, 2.75) is 6.42 Å². The maximum atomic E-state index is 11.8. The summed E-state index contributed by atoms with van der Waals surface area (Å²) >= 11 is 6.31. The van der Waals surface area contributed by atoms with Crippen molar-refractivity contribution < 1.29 is 9.53 Å². The maximum absolute atomic E-state index is 11.8. The van der Waals surface area contributed by atoms with Crippen LogP contribution in [0.3, 0.4) is 0 Å². The van der Waals surface area contributed by atoms with Crippen LogP contribution in [0.4, 0.5) is 5.82 Å². The zero-order valence-corrected chi connectivity index (χ0v) is 15.8. The van der Waals surface area contributed by atoms with Gasteiger partial charge in [-0.15, -0.1) is 0 Å². The van der Waals surface area contributed by atoms with Gasteiger partial charge in [-0.3, -0.25) is 4.79 Å². The molecular formula is C20H21ClN4O2. The molecule has 2 N–H and O–H groups in total. The third-order valence-electron chi connectivity index (χ3n) is 3.99. The number of hydrogen-bond donors (Lipinski definition) is 2. The minimum atomic E-state index is -0.0377. The Morgan fingerprint density at radius 3 is 2.67 bits per heavy atom. The summed E-state index contributed by atoms with van der Waals surface area (Å²) in [6.45, 7) is 1.46. The third-order valence-corrected chi connectivity index (χ3v) is 4.32. The van der Waals surface area contributed by atoms with Gasteiger partial charge in [0.1, 0.15) is 5.82 Å². The number of benzene rings is 2. The van der Waals surface area contributed by atoms with Gasteiger partial charge in [0.25, 0.3) is 0 Å².